The highest BCUT2D eigenvalue weighted by molar-refractivity contribution is 5.17. The Hall–Kier alpha value is -1.63. The number of rotatable bonds is 1. The van der Waals surface area contributed by atoms with Gasteiger partial charge in [-0.3, -0.25) is 4.98 Å². The third kappa shape index (κ3) is 12.6. The minimum absolute atomic E-state index is 0.659. The summed E-state index contributed by atoms with van der Waals surface area (Å²) in [6, 6.07) is 16.2. The van der Waals surface area contributed by atoms with E-state index in [9.17, 15) is 0 Å². The lowest BCUT2D eigenvalue weighted by Gasteiger charge is -2.01. The van der Waals surface area contributed by atoms with E-state index in [4.69, 9.17) is 0 Å². The minimum Gasteiger partial charge on any atom is -0.265 e. The lowest BCUT2D eigenvalue weighted by Crippen LogP contribution is -1.83. The Bertz CT molecular complexity index is 349. The van der Waals surface area contributed by atoms with Crippen LogP contribution in [0.15, 0.2) is 60.9 Å². The second kappa shape index (κ2) is 11.5. The van der Waals surface area contributed by atoms with Gasteiger partial charge in [0, 0.05) is 12.4 Å². The van der Waals surface area contributed by atoms with Crippen LogP contribution in [0, 0.1) is 5.92 Å². The summed E-state index contributed by atoms with van der Waals surface area (Å²) in [5.41, 5.74) is 1.41. The minimum atomic E-state index is 0.659. The van der Waals surface area contributed by atoms with E-state index >= 15 is 0 Å². The molecule has 0 aliphatic carbocycles. The molecule has 0 spiro atoms. The maximum absolute atomic E-state index is 3.78. The van der Waals surface area contributed by atoms with E-state index in [1.165, 1.54) is 5.56 Å². The Labute approximate surface area is 118 Å². The quantitative estimate of drug-likeness (QED) is 0.652. The maximum Gasteiger partial charge on any atom is 0.0267 e. The molecular formula is C18H27N. The number of hydrogen-bond donors (Lipinski definition) is 0. The van der Waals surface area contributed by atoms with Crippen LogP contribution in [-0.4, -0.2) is 4.98 Å². The van der Waals surface area contributed by atoms with E-state index in [1.54, 1.807) is 12.4 Å². The van der Waals surface area contributed by atoms with Gasteiger partial charge in [0.1, 0.15) is 0 Å². The molecule has 0 saturated heterocycles. The molecule has 1 nitrogen and oxygen atoms in total. The van der Waals surface area contributed by atoms with Crippen LogP contribution >= 0.6 is 0 Å². The molecule has 2 rings (SSSR count). The molecule has 0 amide bonds. The van der Waals surface area contributed by atoms with Gasteiger partial charge in [0.05, 0.1) is 0 Å². The number of benzene rings is 1. The van der Waals surface area contributed by atoms with Crippen molar-refractivity contribution in [2.45, 2.75) is 40.5 Å². The van der Waals surface area contributed by atoms with Crippen LogP contribution in [0.3, 0.4) is 0 Å². The summed E-state index contributed by atoms with van der Waals surface area (Å²) in [4.78, 5) is 3.78. The summed E-state index contributed by atoms with van der Waals surface area (Å²) in [5.74, 6) is 1.49. The largest absolute Gasteiger partial charge is 0.265 e. The highest BCUT2D eigenvalue weighted by Gasteiger charge is 1.93. The molecule has 0 atom stereocenters. The maximum atomic E-state index is 3.78. The molecule has 0 saturated carbocycles. The molecular weight excluding hydrogens is 230 g/mol. The van der Waals surface area contributed by atoms with Gasteiger partial charge in [0.15, 0.2) is 0 Å². The van der Waals surface area contributed by atoms with Crippen LogP contribution in [0.1, 0.15) is 46.1 Å². The summed E-state index contributed by atoms with van der Waals surface area (Å²) in [6.45, 7) is 10.9. The fourth-order valence-electron chi connectivity index (χ4n) is 1.15. The first-order chi connectivity index (χ1) is 9.04. The Balaban J connectivity index is 0.000000281. The smallest absolute Gasteiger partial charge is 0.0267 e. The second-order valence-corrected chi connectivity index (χ2v) is 5.32. The van der Waals surface area contributed by atoms with Crippen LogP contribution in [0.2, 0.25) is 0 Å². The molecule has 2 aromatic rings. The Morgan fingerprint density at radius 3 is 1.32 bits per heavy atom. The van der Waals surface area contributed by atoms with Crippen molar-refractivity contribution in [3.05, 3.63) is 66.5 Å². The van der Waals surface area contributed by atoms with Crippen LogP contribution in [-0.2, 0) is 0 Å². The summed E-state index contributed by atoms with van der Waals surface area (Å²) in [7, 11) is 0. The molecule has 0 aliphatic heterocycles. The zero-order chi connectivity index (χ0) is 14.5. The Kier molecular flexibility index (Phi) is 10.5. The summed E-state index contributed by atoms with van der Waals surface area (Å²) in [6.07, 6.45) is 3.50. The molecule has 0 radical (unpaired) electrons. The lowest BCUT2D eigenvalue weighted by atomic mass is 10.0. The molecule has 19 heavy (non-hydrogen) atoms. The summed E-state index contributed by atoms with van der Waals surface area (Å²) < 4.78 is 0. The normalized spacial score (nSPS) is 9.21. The van der Waals surface area contributed by atoms with Gasteiger partial charge >= 0.3 is 0 Å². The Morgan fingerprint density at radius 2 is 1.11 bits per heavy atom. The summed E-state index contributed by atoms with van der Waals surface area (Å²) in [5, 5.41) is 0. The van der Waals surface area contributed by atoms with Crippen molar-refractivity contribution >= 4 is 0 Å². The van der Waals surface area contributed by atoms with Crippen molar-refractivity contribution in [2.24, 2.45) is 5.92 Å². The molecule has 0 unspecified atom stereocenters. The van der Waals surface area contributed by atoms with Crippen LogP contribution < -0.4 is 0 Å². The standard InChI is InChI=1S/C9H12.C5H5N.C4H10/c1-8(2)9-6-4-3-5-7-9;1-2-4-6-5-3-1;1-4(2)3/h3-8H,1-2H3;1-5H;4H,1-3H3. The van der Waals surface area contributed by atoms with E-state index < -0.39 is 0 Å². The highest BCUT2D eigenvalue weighted by atomic mass is 14.6. The first-order valence-electron chi connectivity index (χ1n) is 6.94. The van der Waals surface area contributed by atoms with Gasteiger partial charge in [0.25, 0.3) is 0 Å². The van der Waals surface area contributed by atoms with E-state index in [-0.39, 0.29) is 0 Å². The van der Waals surface area contributed by atoms with Crippen LogP contribution in [0.4, 0.5) is 0 Å². The highest BCUT2D eigenvalue weighted by Crippen LogP contribution is 2.11. The molecule has 0 N–H and O–H groups in total. The predicted molar refractivity (Wildman–Crippen MR) is 85.3 cm³/mol. The molecule has 1 heteroatoms. The van der Waals surface area contributed by atoms with Crippen molar-refractivity contribution in [3.63, 3.8) is 0 Å². The predicted octanol–water partition coefficient (Wildman–Crippen LogP) is 5.55. The molecule has 1 heterocycles. The van der Waals surface area contributed by atoms with Gasteiger partial charge in [-0.2, -0.15) is 0 Å². The molecule has 0 bridgehead atoms. The molecule has 1 aromatic heterocycles. The number of aromatic nitrogens is 1. The zero-order valence-corrected chi connectivity index (χ0v) is 12.9. The van der Waals surface area contributed by atoms with E-state index in [1.807, 2.05) is 24.3 Å². The first kappa shape index (κ1) is 17.4. The van der Waals surface area contributed by atoms with Gasteiger partial charge in [-0.1, -0.05) is 71.0 Å². The molecule has 0 fully saturated rings. The first-order valence-corrected chi connectivity index (χ1v) is 6.94. The average molecular weight is 257 g/mol. The molecule has 104 valence electrons. The Morgan fingerprint density at radius 1 is 0.684 bits per heavy atom. The molecule has 1 aromatic carbocycles. The molecule has 0 aliphatic rings. The van der Waals surface area contributed by atoms with E-state index in [0.29, 0.717) is 5.92 Å². The number of hydrogen-bond acceptors (Lipinski definition) is 1. The van der Waals surface area contributed by atoms with Gasteiger partial charge in [-0.15, -0.1) is 0 Å². The van der Waals surface area contributed by atoms with Crippen LogP contribution in [0.5, 0.6) is 0 Å². The van der Waals surface area contributed by atoms with Gasteiger partial charge in [-0.25, -0.2) is 0 Å². The lowest BCUT2D eigenvalue weighted by molar-refractivity contribution is 0.737. The van der Waals surface area contributed by atoms with Crippen molar-refractivity contribution in [1.29, 1.82) is 0 Å². The summed E-state index contributed by atoms with van der Waals surface area (Å²) >= 11 is 0. The third-order valence-corrected chi connectivity index (χ3v) is 2.03. The fourth-order valence-corrected chi connectivity index (χ4v) is 1.15. The zero-order valence-electron chi connectivity index (χ0n) is 12.9. The van der Waals surface area contributed by atoms with E-state index in [2.05, 4.69) is 63.9 Å². The van der Waals surface area contributed by atoms with Gasteiger partial charge < -0.3 is 0 Å². The SMILES string of the molecule is CC(C)C.CC(C)c1ccccc1.c1ccncc1. The fraction of sp³-hybridized carbons (Fsp3) is 0.389. The number of nitrogens with zero attached hydrogens (tertiary/aromatic N) is 1. The third-order valence-electron chi connectivity index (χ3n) is 2.03. The second-order valence-electron chi connectivity index (χ2n) is 5.32. The van der Waals surface area contributed by atoms with Crippen molar-refractivity contribution < 1.29 is 0 Å². The average Bonchev–Trinajstić information content (AvgIpc) is 2.42. The van der Waals surface area contributed by atoms with Crippen molar-refractivity contribution in [2.75, 3.05) is 0 Å². The van der Waals surface area contributed by atoms with Crippen molar-refractivity contribution in [3.8, 4) is 0 Å². The van der Waals surface area contributed by atoms with Gasteiger partial charge in [-0.05, 0) is 29.5 Å². The van der Waals surface area contributed by atoms with E-state index in [0.717, 1.165) is 5.92 Å². The van der Waals surface area contributed by atoms with Gasteiger partial charge in [0.2, 0.25) is 0 Å². The monoisotopic (exact) mass is 257 g/mol. The number of pyridine rings is 1. The topological polar surface area (TPSA) is 12.9 Å². The van der Waals surface area contributed by atoms with Crippen LogP contribution in [0.25, 0.3) is 0 Å². The van der Waals surface area contributed by atoms with Crippen molar-refractivity contribution in [1.82, 2.24) is 4.98 Å².